The Balaban J connectivity index is 2.61. The summed E-state index contributed by atoms with van der Waals surface area (Å²) >= 11 is 0. The molecule has 0 spiro atoms. The second-order valence-corrected chi connectivity index (χ2v) is 5.06. The highest BCUT2D eigenvalue weighted by Crippen LogP contribution is 2.23. The van der Waals surface area contributed by atoms with Gasteiger partial charge in [-0.1, -0.05) is 38.1 Å². The van der Waals surface area contributed by atoms with E-state index in [0.717, 1.165) is 5.56 Å². The second kappa shape index (κ2) is 6.89. The maximum Gasteiger partial charge on any atom is 0.383 e. The first-order valence-electron chi connectivity index (χ1n) is 6.46. The van der Waals surface area contributed by atoms with Gasteiger partial charge in [-0.05, 0) is 17.0 Å². The van der Waals surface area contributed by atoms with Crippen molar-refractivity contribution < 1.29 is 22.4 Å². The molecule has 0 saturated carbocycles. The number of hydrogen-bond acceptors (Lipinski definition) is 2. The molecule has 0 aliphatic heterocycles. The molecule has 0 aromatic heterocycles. The molecule has 1 aromatic rings. The predicted molar refractivity (Wildman–Crippen MR) is 71.4 cm³/mol. The molecule has 0 bridgehead atoms. The monoisotopic (exact) mass is 306 g/mol. The van der Waals surface area contributed by atoms with E-state index in [1.807, 2.05) is 26.0 Å². The Bertz CT molecular complexity index is 474. The first kappa shape index (κ1) is 17.4. The van der Waals surface area contributed by atoms with Crippen molar-refractivity contribution in [3.8, 4) is 0 Å². The van der Waals surface area contributed by atoms with Crippen LogP contribution in [-0.4, -0.2) is 24.8 Å². The van der Waals surface area contributed by atoms with Crippen LogP contribution in [0, 0.1) is 0 Å². The predicted octanol–water partition coefficient (Wildman–Crippen LogP) is 2.83. The zero-order valence-electron chi connectivity index (χ0n) is 11.7. The first-order chi connectivity index (χ1) is 9.66. The molecule has 3 N–H and O–H groups in total. The standard InChI is InChI=1S/C14H18F4N2O/c1-8(2)9-3-5-10(6-4-9)11(19)7-20-13(21)14(17,18)12(15)16/h3-6,8,11-12H,7,19H2,1-2H3,(H,20,21). The Kier molecular flexibility index (Phi) is 5.71. The Morgan fingerprint density at radius 2 is 1.67 bits per heavy atom. The van der Waals surface area contributed by atoms with E-state index in [-0.39, 0.29) is 6.54 Å². The molecule has 0 heterocycles. The van der Waals surface area contributed by atoms with Crippen LogP contribution in [0.25, 0.3) is 0 Å². The summed E-state index contributed by atoms with van der Waals surface area (Å²) in [5.74, 6) is -6.40. The zero-order valence-corrected chi connectivity index (χ0v) is 11.7. The molecule has 0 saturated heterocycles. The number of hydrogen-bond donors (Lipinski definition) is 2. The van der Waals surface area contributed by atoms with E-state index in [1.54, 1.807) is 17.4 Å². The summed E-state index contributed by atoms with van der Waals surface area (Å²) in [6.45, 7) is 3.69. The van der Waals surface area contributed by atoms with Crippen molar-refractivity contribution in [3.05, 3.63) is 35.4 Å². The fourth-order valence-corrected chi connectivity index (χ4v) is 1.67. The quantitative estimate of drug-likeness (QED) is 0.794. The zero-order chi connectivity index (χ0) is 16.2. The molecular formula is C14H18F4N2O. The Morgan fingerprint density at radius 1 is 1.19 bits per heavy atom. The molecule has 21 heavy (non-hydrogen) atoms. The van der Waals surface area contributed by atoms with Crippen LogP contribution < -0.4 is 11.1 Å². The average Bonchev–Trinajstić information content (AvgIpc) is 2.44. The van der Waals surface area contributed by atoms with Crippen molar-refractivity contribution in [2.75, 3.05) is 6.54 Å². The molecule has 7 heteroatoms. The lowest BCUT2D eigenvalue weighted by molar-refractivity contribution is -0.169. The van der Waals surface area contributed by atoms with Crippen LogP contribution in [0.5, 0.6) is 0 Å². The van der Waals surface area contributed by atoms with Crippen molar-refractivity contribution in [1.82, 2.24) is 5.32 Å². The minimum atomic E-state index is -4.71. The fraction of sp³-hybridized carbons (Fsp3) is 0.500. The van der Waals surface area contributed by atoms with Gasteiger partial charge in [-0.3, -0.25) is 4.79 Å². The molecule has 0 radical (unpaired) electrons. The minimum absolute atomic E-state index is 0.333. The lowest BCUT2D eigenvalue weighted by atomic mass is 9.99. The molecular weight excluding hydrogens is 288 g/mol. The van der Waals surface area contributed by atoms with Crippen molar-refractivity contribution in [3.63, 3.8) is 0 Å². The third-order valence-electron chi connectivity index (χ3n) is 3.09. The number of amides is 1. The average molecular weight is 306 g/mol. The van der Waals surface area contributed by atoms with Gasteiger partial charge >= 0.3 is 12.3 Å². The molecule has 0 fully saturated rings. The lowest BCUT2D eigenvalue weighted by Crippen LogP contribution is -2.47. The summed E-state index contributed by atoms with van der Waals surface area (Å²) in [5.41, 5.74) is 7.45. The van der Waals surface area contributed by atoms with Crippen LogP contribution in [0.3, 0.4) is 0 Å². The van der Waals surface area contributed by atoms with E-state index in [1.165, 1.54) is 0 Å². The lowest BCUT2D eigenvalue weighted by Gasteiger charge is -2.18. The highest BCUT2D eigenvalue weighted by Gasteiger charge is 2.48. The molecule has 0 aliphatic rings. The number of carbonyl (C=O) groups is 1. The molecule has 1 aromatic carbocycles. The number of nitrogens with one attached hydrogen (secondary N) is 1. The maximum absolute atomic E-state index is 12.7. The molecule has 3 nitrogen and oxygen atoms in total. The van der Waals surface area contributed by atoms with E-state index in [0.29, 0.717) is 11.5 Å². The third kappa shape index (κ3) is 4.42. The number of halogens is 4. The SMILES string of the molecule is CC(C)c1ccc(C(N)CNC(=O)C(F)(F)C(F)F)cc1. The van der Waals surface area contributed by atoms with E-state index in [9.17, 15) is 22.4 Å². The van der Waals surface area contributed by atoms with E-state index >= 15 is 0 Å². The van der Waals surface area contributed by atoms with Gasteiger partial charge < -0.3 is 11.1 Å². The van der Waals surface area contributed by atoms with Gasteiger partial charge in [0.25, 0.3) is 5.91 Å². The third-order valence-corrected chi connectivity index (χ3v) is 3.09. The van der Waals surface area contributed by atoms with Crippen molar-refractivity contribution in [2.45, 2.75) is 38.2 Å². The number of nitrogens with two attached hydrogens (primary N) is 1. The Hall–Kier alpha value is -1.63. The van der Waals surface area contributed by atoms with Crippen LogP contribution in [0.4, 0.5) is 17.6 Å². The van der Waals surface area contributed by atoms with E-state index in [4.69, 9.17) is 5.73 Å². The number of benzene rings is 1. The maximum atomic E-state index is 12.7. The van der Waals surface area contributed by atoms with Gasteiger partial charge in [0.1, 0.15) is 0 Å². The topological polar surface area (TPSA) is 55.1 Å². The summed E-state index contributed by atoms with van der Waals surface area (Å²) in [7, 11) is 0. The minimum Gasteiger partial charge on any atom is -0.349 e. The normalized spacial score (nSPS) is 13.6. The van der Waals surface area contributed by atoms with Gasteiger partial charge in [0.15, 0.2) is 0 Å². The molecule has 1 rings (SSSR count). The van der Waals surface area contributed by atoms with Gasteiger partial charge in [-0.25, -0.2) is 8.78 Å². The second-order valence-electron chi connectivity index (χ2n) is 5.06. The summed E-state index contributed by atoms with van der Waals surface area (Å²) in [6.07, 6.45) is -4.04. The van der Waals surface area contributed by atoms with Gasteiger partial charge in [0, 0.05) is 12.6 Å². The highest BCUT2D eigenvalue weighted by molar-refractivity contribution is 5.83. The highest BCUT2D eigenvalue weighted by atomic mass is 19.3. The van der Waals surface area contributed by atoms with E-state index < -0.39 is 24.3 Å². The molecule has 0 aliphatic carbocycles. The van der Waals surface area contributed by atoms with Crippen LogP contribution >= 0.6 is 0 Å². The molecule has 1 amide bonds. The van der Waals surface area contributed by atoms with Crippen molar-refractivity contribution in [1.29, 1.82) is 0 Å². The smallest absolute Gasteiger partial charge is 0.349 e. The Labute approximate surface area is 120 Å². The number of rotatable bonds is 6. The fourth-order valence-electron chi connectivity index (χ4n) is 1.67. The van der Waals surface area contributed by atoms with Gasteiger partial charge in [0.05, 0.1) is 0 Å². The molecule has 1 atom stereocenters. The van der Waals surface area contributed by atoms with Gasteiger partial charge in [-0.2, -0.15) is 8.78 Å². The summed E-state index contributed by atoms with van der Waals surface area (Å²) < 4.78 is 49.4. The van der Waals surface area contributed by atoms with Crippen molar-refractivity contribution >= 4 is 5.91 Å². The number of carbonyl (C=O) groups excluding carboxylic acids is 1. The van der Waals surface area contributed by atoms with Crippen LogP contribution in [0.1, 0.15) is 36.9 Å². The van der Waals surface area contributed by atoms with Crippen molar-refractivity contribution in [2.24, 2.45) is 5.73 Å². The van der Waals surface area contributed by atoms with Crippen LogP contribution in [-0.2, 0) is 4.79 Å². The Morgan fingerprint density at radius 3 is 2.10 bits per heavy atom. The first-order valence-corrected chi connectivity index (χ1v) is 6.46. The largest absolute Gasteiger partial charge is 0.383 e. The summed E-state index contributed by atoms with van der Waals surface area (Å²) in [5, 5.41) is 1.75. The molecule has 118 valence electrons. The van der Waals surface area contributed by atoms with Gasteiger partial charge in [0.2, 0.25) is 0 Å². The van der Waals surface area contributed by atoms with Gasteiger partial charge in [-0.15, -0.1) is 0 Å². The van der Waals surface area contributed by atoms with Crippen LogP contribution in [0.2, 0.25) is 0 Å². The molecule has 1 unspecified atom stereocenters. The number of alkyl halides is 4. The van der Waals surface area contributed by atoms with E-state index in [2.05, 4.69) is 0 Å². The summed E-state index contributed by atoms with van der Waals surface area (Å²) in [6, 6.07) is 6.38. The summed E-state index contributed by atoms with van der Waals surface area (Å²) in [4.78, 5) is 11.0. The van der Waals surface area contributed by atoms with Crippen LogP contribution in [0.15, 0.2) is 24.3 Å².